The summed E-state index contributed by atoms with van der Waals surface area (Å²) < 4.78 is 11.0. The summed E-state index contributed by atoms with van der Waals surface area (Å²) >= 11 is 0. The van der Waals surface area contributed by atoms with E-state index in [0.29, 0.717) is 12.8 Å². The van der Waals surface area contributed by atoms with Crippen LogP contribution in [0, 0.1) is 11.8 Å². The molecule has 1 aliphatic rings. The van der Waals surface area contributed by atoms with Crippen molar-refractivity contribution in [3.05, 3.63) is 0 Å². The molecule has 0 amide bonds. The van der Waals surface area contributed by atoms with Crippen LogP contribution in [0.1, 0.15) is 91.9 Å². The Kier molecular flexibility index (Phi) is 11.7. The lowest BCUT2D eigenvalue weighted by molar-refractivity contribution is -0.186. The van der Waals surface area contributed by atoms with Crippen LogP contribution in [0.3, 0.4) is 0 Å². The fourth-order valence-electron chi connectivity index (χ4n) is 3.77. The third-order valence-corrected chi connectivity index (χ3v) is 5.73. The van der Waals surface area contributed by atoms with Crippen molar-refractivity contribution in [2.75, 3.05) is 0 Å². The number of aliphatic hydroxyl groups excluding tert-OH is 2. The number of cyclic esters (lactones) is 2. The van der Waals surface area contributed by atoms with Crippen molar-refractivity contribution in [3.63, 3.8) is 0 Å². The van der Waals surface area contributed by atoms with Crippen molar-refractivity contribution in [2.45, 2.75) is 116 Å². The van der Waals surface area contributed by atoms with Crippen LogP contribution in [0.2, 0.25) is 0 Å². The predicted octanol–water partition coefficient (Wildman–Crippen LogP) is 3.76. The highest BCUT2D eigenvalue weighted by molar-refractivity contribution is 5.76. The van der Waals surface area contributed by atoms with Crippen LogP contribution < -0.4 is 0 Å². The van der Waals surface area contributed by atoms with Gasteiger partial charge < -0.3 is 19.7 Å². The Labute approximate surface area is 170 Å². The van der Waals surface area contributed by atoms with Crippen molar-refractivity contribution < 1.29 is 29.3 Å². The summed E-state index contributed by atoms with van der Waals surface area (Å²) in [6.45, 7) is 7.41. The van der Waals surface area contributed by atoms with E-state index in [1.54, 1.807) is 13.8 Å². The normalized spacial score (nSPS) is 31.9. The molecule has 1 aliphatic heterocycles. The number of carbonyl (C=O) groups excluding carboxylic acids is 2. The van der Waals surface area contributed by atoms with Gasteiger partial charge >= 0.3 is 11.9 Å². The van der Waals surface area contributed by atoms with Gasteiger partial charge in [-0.15, -0.1) is 0 Å². The van der Waals surface area contributed by atoms with Gasteiger partial charge in [0.25, 0.3) is 0 Å². The number of unbranched alkanes of at least 4 members (excludes halogenated alkanes) is 6. The number of aliphatic hydroxyl groups is 2. The smallest absolute Gasteiger partial charge is 0.312 e. The van der Waals surface area contributed by atoms with Gasteiger partial charge in [-0.25, -0.2) is 0 Å². The molecule has 1 saturated heterocycles. The summed E-state index contributed by atoms with van der Waals surface area (Å²) in [5.74, 6) is -2.55. The topological polar surface area (TPSA) is 93.1 Å². The van der Waals surface area contributed by atoms with E-state index in [1.807, 2.05) is 0 Å². The maximum Gasteiger partial charge on any atom is 0.312 e. The molecular weight excluding hydrogens is 360 g/mol. The van der Waals surface area contributed by atoms with E-state index >= 15 is 0 Å². The number of hydrogen-bond acceptors (Lipinski definition) is 6. The quantitative estimate of drug-likeness (QED) is 0.428. The van der Waals surface area contributed by atoms with Gasteiger partial charge in [0, 0.05) is 0 Å². The summed E-state index contributed by atoms with van der Waals surface area (Å²) in [6.07, 6.45) is 4.91. The second-order valence-electron chi connectivity index (χ2n) is 8.18. The average molecular weight is 401 g/mol. The highest BCUT2D eigenvalue weighted by atomic mass is 16.6. The van der Waals surface area contributed by atoms with Gasteiger partial charge in [-0.1, -0.05) is 65.2 Å². The SMILES string of the molecule is CCCCCCC1C(=O)OC(C)C(O)C(CCCCCC)C(=O)OC(C)C1O. The van der Waals surface area contributed by atoms with E-state index < -0.39 is 48.2 Å². The number of rotatable bonds is 10. The highest BCUT2D eigenvalue weighted by Crippen LogP contribution is 2.27. The molecule has 1 heterocycles. The lowest BCUT2D eigenvalue weighted by Crippen LogP contribution is -2.47. The molecule has 0 spiro atoms. The first-order valence-corrected chi connectivity index (χ1v) is 11.1. The van der Waals surface area contributed by atoms with Crippen molar-refractivity contribution in [3.8, 4) is 0 Å². The first-order chi connectivity index (χ1) is 13.3. The summed E-state index contributed by atoms with van der Waals surface area (Å²) in [4.78, 5) is 25.3. The van der Waals surface area contributed by atoms with Gasteiger partial charge in [0.2, 0.25) is 0 Å². The number of carbonyl (C=O) groups is 2. The minimum absolute atomic E-state index is 0.477. The van der Waals surface area contributed by atoms with E-state index in [-0.39, 0.29) is 0 Å². The molecule has 0 aromatic rings. The Morgan fingerprint density at radius 2 is 1.04 bits per heavy atom. The standard InChI is InChI=1S/C22H40O6/c1-5-7-9-11-13-17-19(23)15(3)28-22(26)18(14-12-10-8-6-2)20(24)16(4)27-21(17)25/h15-20,23-24H,5-14H2,1-4H3. The molecule has 0 aliphatic carbocycles. The Morgan fingerprint density at radius 3 is 1.36 bits per heavy atom. The van der Waals surface area contributed by atoms with Gasteiger partial charge in [-0.3, -0.25) is 9.59 Å². The van der Waals surface area contributed by atoms with Gasteiger partial charge in [-0.2, -0.15) is 0 Å². The maximum absolute atomic E-state index is 12.7. The fourth-order valence-corrected chi connectivity index (χ4v) is 3.77. The van der Waals surface area contributed by atoms with Gasteiger partial charge in [-0.05, 0) is 26.7 Å². The highest BCUT2D eigenvalue weighted by Gasteiger charge is 2.41. The number of ether oxygens (including phenoxy) is 2. The molecular formula is C22H40O6. The third kappa shape index (κ3) is 7.70. The molecule has 6 atom stereocenters. The Hall–Kier alpha value is -1.14. The van der Waals surface area contributed by atoms with Crippen LogP contribution >= 0.6 is 0 Å². The Balaban J connectivity index is 2.87. The Morgan fingerprint density at radius 1 is 0.679 bits per heavy atom. The summed E-state index contributed by atoms with van der Waals surface area (Å²) in [7, 11) is 0. The summed E-state index contributed by atoms with van der Waals surface area (Å²) in [5, 5.41) is 21.3. The predicted molar refractivity (Wildman–Crippen MR) is 108 cm³/mol. The van der Waals surface area contributed by atoms with Crippen LogP contribution in [0.25, 0.3) is 0 Å². The molecule has 0 radical (unpaired) electrons. The number of hydrogen-bond donors (Lipinski definition) is 2. The molecule has 6 unspecified atom stereocenters. The van der Waals surface area contributed by atoms with Crippen LogP contribution in [0.15, 0.2) is 0 Å². The maximum atomic E-state index is 12.7. The Bertz CT molecular complexity index is 424. The minimum Gasteiger partial charge on any atom is -0.460 e. The molecule has 6 heteroatoms. The zero-order valence-corrected chi connectivity index (χ0v) is 18.1. The summed E-state index contributed by atoms with van der Waals surface area (Å²) in [5.41, 5.74) is 0. The zero-order valence-electron chi connectivity index (χ0n) is 18.1. The third-order valence-electron chi connectivity index (χ3n) is 5.73. The second kappa shape index (κ2) is 13.2. The molecule has 0 saturated carbocycles. The van der Waals surface area contributed by atoms with E-state index in [4.69, 9.17) is 9.47 Å². The van der Waals surface area contributed by atoms with Gasteiger partial charge in [0.05, 0.1) is 11.8 Å². The minimum atomic E-state index is -1.11. The van der Waals surface area contributed by atoms with Crippen molar-refractivity contribution >= 4 is 11.9 Å². The molecule has 0 aromatic heterocycles. The van der Waals surface area contributed by atoms with E-state index in [1.165, 1.54) is 0 Å². The molecule has 2 N–H and O–H groups in total. The molecule has 0 aromatic carbocycles. The van der Waals surface area contributed by atoms with E-state index in [0.717, 1.165) is 51.4 Å². The summed E-state index contributed by atoms with van der Waals surface area (Å²) in [6, 6.07) is 0. The first-order valence-electron chi connectivity index (χ1n) is 11.1. The largest absolute Gasteiger partial charge is 0.460 e. The molecule has 28 heavy (non-hydrogen) atoms. The van der Waals surface area contributed by atoms with Crippen molar-refractivity contribution in [1.29, 1.82) is 0 Å². The van der Waals surface area contributed by atoms with E-state index in [9.17, 15) is 19.8 Å². The lowest BCUT2D eigenvalue weighted by atomic mass is 9.89. The van der Waals surface area contributed by atoms with Crippen molar-refractivity contribution in [1.82, 2.24) is 0 Å². The number of esters is 2. The lowest BCUT2D eigenvalue weighted by Gasteiger charge is -2.33. The average Bonchev–Trinajstić information content (AvgIpc) is 2.66. The van der Waals surface area contributed by atoms with Gasteiger partial charge in [0.1, 0.15) is 24.4 Å². The van der Waals surface area contributed by atoms with Gasteiger partial charge in [0.15, 0.2) is 0 Å². The van der Waals surface area contributed by atoms with Crippen LogP contribution in [-0.2, 0) is 19.1 Å². The molecule has 164 valence electrons. The fraction of sp³-hybridized carbons (Fsp3) is 0.909. The monoisotopic (exact) mass is 400 g/mol. The molecule has 1 rings (SSSR count). The van der Waals surface area contributed by atoms with Crippen LogP contribution in [0.5, 0.6) is 0 Å². The van der Waals surface area contributed by atoms with Crippen molar-refractivity contribution in [2.24, 2.45) is 11.8 Å². The molecule has 6 nitrogen and oxygen atoms in total. The molecule has 1 fully saturated rings. The first kappa shape index (κ1) is 24.9. The zero-order chi connectivity index (χ0) is 21.1. The van der Waals surface area contributed by atoms with Crippen LogP contribution in [-0.4, -0.2) is 46.6 Å². The molecule has 0 bridgehead atoms. The van der Waals surface area contributed by atoms with E-state index in [2.05, 4.69) is 13.8 Å². The van der Waals surface area contributed by atoms with Crippen LogP contribution in [0.4, 0.5) is 0 Å². The second-order valence-corrected chi connectivity index (χ2v) is 8.18.